The molecule has 0 aliphatic carbocycles. The lowest BCUT2D eigenvalue weighted by Gasteiger charge is -2.31. The molecule has 1 saturated heterocycles. The summed E-state index contributed by atoms with van der Waals surface area (Å²) in [6.45, 7) is 1.77. The molecule has 1 N–H and O–H groups in total. The maximum absolute atomic E-state index is 13.4. The first-order valence-electron chi connectivity index (χ1n) is 11.1. The summed E-state index contributed by atoms with van der Waals surface area (Å²) < 4.78 is 68.3. The molecule has 2 amide bonds. The van der Waals surface area contributed by atoms with Gasteiger partial charge in [-0.15, -0.1) is 13.2 Å². The van der Waals surface area contributed by atoms with Crippen LogP contribution in [0.2, 0.25) is 5.02 Å². The summed E-state index contributed by atoms with van der Waals surface area (Å²) in [6, 6.07) is 8.57. The molecule has 2 heterocycles. The number of nitrogens with one attached hydrogen (secondary N) is 1. The van der Waals surface area contributed by atoms with E-state index in [0.29, 0.717) is 27.4 Å². The number of urea groups is 1. The van der Waals surface area contributed by atoms with Gasteiger partial charge in [-0.1, -0.05) is 23.7 Å². The van der Waals surface area contributed by atoms with Crippen LogP contribution in [0.15, 0.2) is 41.5 Å². The van der Waals surface area contributed by atoms with Crippen molar-refractivity contribution in [1.82, 2.24) is 10.3 Å². The minimum absolute atomic E-state index is 0.0174. The fourth-order valence-electron chi connectivity index (χ4n) is 4.25. The van der Waals surface area contributed by atoms with Crippen molar-refractivity contribution >= 4 is 38.9 Å². The summed E-state index contributed by atoms with van der Waals surface area (Å²) >= 11 is 6.05. The zero-order valence-electron chi connectivity index (χ0n) is 19.5. The number of nitrogens with zero attached hydrogens (tertiary/aromatic N) is 3. The first-order valence-corrected chi connectivity index (χ1v) is 13.3. The summed E-state index contributed by atoms with van der Waals surface area (Å²) in [7, 11) is -1.81. The van der Waals surface area contributed by atoms with E-state index >= 15 is 0 Å². The fraction of sp³-hybridized carbons (Fsp3) is 0.391. The van der Waals surface area contributed by atoms with Crippen LogP contribution >= 0.6 is 11.6 Å². The van der Waals surface area contributed by atoms with E-state index < -0.39 is 34.0 Å². The zero-order chi connectivity index (χ0) is 26.3. The standard InChI is InChI=1S/C23H24ClF3N4O4S/c1-14-11-16-12-20(35-23(25,26)27)19(30-7-9-36(33,34)10-8-30)13-18(16)21(29-31(14)22(32)28-2)15-3-5-17(24)6-4-15/h3-6,12-14H,7-11H2,1-2H3,(H,28,32). The van der Waals surface area contributed by atoms with Gasteiger partial charge < -0.3 is 15.0 Å². The number of sulfone groups is 1. The number of halogens is 4. The molecule has 2 aliphatic heterocycles. The van der Waals surface area contributed by atoms with Crippen molar-refractivity contribution in [1.29, 1.82) is 0 Å². The zero-order valence-corrected chi connectivity index (χ0v) is 21.0. The fourth-order valence-corrected chi connectivity index (χ4v) is 5.58. The van der Waals surface area contributed by atoms with Crippen LogP contribution in [0.5, 0.6) is 5.75 Å². The quantitative estimate of drug-likeness (QED) is 0.634. The average Bonchev–Trinajstić information content (AvgIpc) is 2.93. The third kappa shape index (κ3) is 5.70. The van der Waals surface area contributed by atoms with Gasteiger partial charge in [-0.25, -0.2) is 18.2 Å². The number of benzene rings is 2. The van der Waals surface area contributed by atoms with Crippen LogP contribution < -0.4 is 15.0 Å². The van der Waals surface area contributed by atoms with E-state index in [-0.39, 0.29) is 36.7 Å². The molecule has 194 valence electrons. The Kier molecular flexibility index (Phi) is 7.11. The van der Waals surface area contributed by atoms with E-state index in [0.717, 1.165) is 0 Å². The maximum Gasteiger partial charge on any atom is 0.573 e. The Hall–Kier alpha value is -2.99. The minimum atomic E-state index is -4.96. The Morgan fingerprint density at radius 2 is 1.81 bits per heavy atom. The van der Waals surface area contributed by atoms with Gasteiger partial charge in [0.05, 0.1) is 28.9 Å². The Morgan fingerprint density at radius 3 is 2.39 bits per heavy atom. The van der Waals surface area contributed by atoms with Gasteiger partial charge in [-0.05, 0) is 43.2 Å². The third-order valence-electron chi connectivity index (χ3n) is 6.03. The highest BCUT2D eigenvalue weighted by Crippen LogP contribution is 2.39. The Bertz CT molecular complexity index is 1290. The molecule has 0 spiro atoms. The van der Waals surface area contributed by atoms with Crippen LogP contribution in [0.3, 0.4) is 0 Å². The van der Waals surface area contributed by atoms with Crippen molar-refractivity contribution in [3.8, 4) is 5.75 Å². The molecule has 2 aromatic rings. The molecule has 2 aliphatic rings. The van der Waals surface area contributed by atoms with Crippen molar-refractivity contribution in [2.24, 2.45) is 5.10 Å². The second kappa shape index (κ2) is 9.81. The van der Waals surface area contributed by atoms with Crippen LogP contribution in [0.1, 0.15) is 23.6 Å². The summed E-state index contributed by atoms with van der Waals surface area (Å²) in [5, 5.41) is 8.87. The molecule has 36 heavy (non-hydrogen) atoms. The van der Waals surface area contributed by atoms with Gasteiger partial charge in [-0.3, -0.25) is 0 Å². The van der Waals surface area contributed by atoms with E-state index in [4.69, 9.17) is 11.6 Å². The second-order valence-corrected chi connectivity index (χ2v) is 11.3. The first-order chi connectivity index (χ1) is 16.9. The predicted molar refractivity (Wildman–Crippen MR) is 131 cm³/mol. The van der Waals surface area contributed by atoms with Gasteiger partial charge in [0.25, 0.3) is 0 Å². The topological polar surface area (TPSA) is 91.3 Å². The number of carbonyl (C=O) groups excluding carboxylic acids is 1. The van der Waals surface area contributed by atoms with E-state index in [1.165, 1.54) is 24.2 Å². The average molecular weight is 545 g/mol. The van der Waals surface area contributed by atoms with Crippen LogP contribution in [0.4, 0.5) is 23.7 Å². The number of hydrogen-bond acceptors (Lipinski definition) is 6. The van der Waals surface area contributed by atoms with Crippen LogP contribution in [-0.2, 0) is 16.3 Å². The molecule has 2 aromatic carbocycles. The number of fused-ring (bicyclic) bond motifs is 1. The molecule has 4 rings (SSSR count). The maximum atomic E-state index is 13.4. The molecule has 0 aromatic heterocycles. The lowest BCUT2D eigenvalue weighted by Crippen LogP contribution is -2.41. The SMILES string of the molecule is CNC(=O)N1N=C(c2ccc(Cl)cc2)c2cc(N3CCS(=O)(=O)CC3)c(OC(F)(F)F)cc2CC1C. The van der Waals surface area contributed by atoms with Gasteiger partial charge in [0.2, 0.25) is 0 Å². The predicted octanol–water partition coefficient (Wildman–Crippen LogP) is 3.81. The monoisotopic (exact) mass is 544 g/mol. The van der Waals surface area contributed by atoms with Gasteiger partial charge in [0.15, 0.2) is 15.6 Å². The number of amides is 2. The number of hydrazone groups is 1. The highest BCUT2D eigenvalue weighted by Gasteiger charge is 2.36. The first kappa shape index (κ1) is 26.1. The molecule has 0 bridgehead atoms. The minimum Gasteiger partial charge on any atom is -0.404 e. The lowest BCUT2D eigenvalue weighted by molar-refractivity contribution is -0.274. The van der Waals surface area contributed by atoms with Crippen molar-refractivity contribution in [2.75, 3.05) is 36.5 Å². The number of carbonyl (C=O) groups is 1. The Balaban J connectivity index is 1.91. The third-order valence-corrected chi connectivity index (χ3v) is 7.89. The Labute approximate surface area is 211 Å². The lowest BCUT2D eigenvalue weighted by atomic mass is 9.93. The highest BCUT2D eigenvalue weighted by molar-refractivity contribution is 7.91. The van der Waals surface area contributed by atoms with E-state index in [1.807, 2.05) is 0 Å². The van der Waals surface area contributed by atoms with Gasteiger partial charge in [0.1, 0.15) is 0 Å². The second-order valence-electron chi connectivity index (χ2n) is 8.57. The number of anilines is 1. The smallest absolute Gasteiger partial charge is 0.404 e. The van der Waals surface area contributed by atoms with E-state index in [9.17, 15) is 26.4 Å². The van der Waals surface area contributed by atoms with Crippen molar-refractivity contribution < 1.29 is 31.1 Å². The molecule has 13 heteroatoms. The summed E-state index contributed by atoms with van der Waals surface area (Å²) in [5.41, 5.74) is 2.06. The van der Waals surface area contributed by atoms with Crippen molar-refractivity contribution in [2.45, 2.75) is 25.7 Å². The number of hydrogen-bond donors (Lipinski definition) is 1. The number of rotatable bonds is 3. The summed E-state index contributed by atoms with van der Waals surface area (Å²) in [6.07, 6.45) is -4.76. The summed E-state index contributed by atoms with van der Waals surface area (Å²) in [5.74, 6) is -0.804. The van der Waals surface area contributed by atoms with Gasteiger partial charge in [-0.2, -0.15) is 5.10 Å². The molecule has 1 fully saturated rings. The number of alkyl halides is 3. The largest absolute Gasteiger partial charge is 0.573 e. The molecule has 8 nitrogen and oxygen atoms in total. The number of ether oxygens (including phenoxy) is 1. The molecule has 0 radical (unpaired) electrons. The van der Waals surface area contributed by atoms with Crippen LogP contribution in [-0.4, -0.2) is 69.2 Å². The molecule has 1 atom stereocenters. The molecular weight excluding hydrogens is 521 g/mol. The van der Waals surface area contributed by atoms with E-state index in [2.05, 4.69) is 15.2 Å². The molecule has 1 unspecified atom stereocenters. The van der Waals surface area contributed by atoms with Crippen LogP contribution in [0, 0.1) is 0 Å². The van der Waals surface area contributed by atoms with Gasteiger partial charge >= 0.3 is 12.4 Å². The summed E-state index contributed by atoms with van der Waals surface area (Å²) in [4.78, 5) is 14.2. The molecular formula is C23H24ClF3N4O4S. The van der Waals surface area contributed by atoms with Crippen LogP contribution in [0.25, 0.3) is 0 Å². The highest BCUT2D eigenvalue weighted by atomic mass is 35.5. The van der Waals surface area contributed by atoms with E-state index in [1.54, 1.807) is 36.1 Å². The Morgan fingerprint density at radius 1 is 1.17 bits per heavy atom. The van der Waals surface area contributed by atoms with Crippen molar-refractivity contribution in [3.05, 3.63) is 58.1 Å². The molecule has 0 saturated carbocycles. The van der Waals surface area contributed by atoms with Gasteiger partial charge in [0, 0.05) is 36.3 Å². The van der Waals surface area contributed by atoms with Crippen molar-refractivity contribution in [3.63, 3.8) is 0 Å². The normalized spacial score (nSPS) is 19.7.